The summed E-state index contributed by atoms with van der Waals surface area (Å²) in [6, 6.07) is 6.16. The highest BCUT2D eigenvalue weighted by molar-refractivity contribution is 5.47. The Labute approximate surface area is 155 Å². The Balaban J connectivity index is 2.06. The molecule has 9 heteroatoms. The second-order valence-electron chi connectivity index (χ2n) is 6.46. The van der Waals surface area contributed by atoms with Gasteiger partial charge in [-0.3, -0.25) is 4.79 Å². The van der Waals surface area contributed by atoms with E-state index in [0.29, 0.717) is 17.1 Å². The smallest absolute Gasteiger partial charge is 0.266 e. The minimum atomic E-state index is -1.20. The summed E-state index contributed by atoms with van der Waals surface area (Å²) in [5.74, 6) is 0.288. The van der Waals surface area contributed by atoms with Gasteiger partial charge in [-0.25, -0.2) is 9.07 Å². The number of hydrogen-bond acceptors (Lipinski definition) is 7. The van der Waals surface area contributed by atoms with Crippen molar-refractivity contribution in [2.75, 3.05) is 32.8 Å². The maximum atomic E-state index is 13.9. The third kappa shape index (κ3) is 3.66. The minimum absolute atomic E-state index is 0.0533. The quantitative estimate of drug-likeness (QED) is 0.769. The number of aryl methyl sites for hydroxylation is 1. The maximum Gasteiger partial charge on any atom is 0.266 e. The molecule has 8 nitrogen and oxygen atoms in total. The monoisotopic (exact) mass is 379 g/mol. The summed E-state index contributed by atoms with van der Waals surface area (Å²) < 4.78 is 31.5. The summed E-state index contributed by atoms with van der Waals surface area (Å²) in [7, 11) is 4.50. The van der Waals surface area contributed by atoms with E-state index in [1.54, 1.807) is 0 Å². The zero-order valence-corrected chi connectivity index (χ0v) is 15.3. The molecule has 146 valence electrons. The lowest BCUT2D eigenvalue weighted by Crippen LogP contribution is -2.60. The number of nitrogens with one attached hydrogen (secondary N) is 1. The standard InChI is InChI=1S/C18H22FN3O5/c1-22-15(23)7-6-14(21-22)20-16-12-8-11(19)4-5-13(12)27-18(9-25-2,10-26-3)17(16)24/h4-8,16-17,24H,9-10H2,1-3H3,(H,20,21)/t16-,17+/m1/s1. The summed E-state index contributed by atoms with van der Waals surface area (Å²) in [5.41, 5.74) is -1.04. The Morgan fingerprint density at radius 3 is 2.63 bits per heavy atom. The molecule has 3 rings (SSSR count). The SMILES string of the molecule is COCC1(COC)Oc2ccc(F)cc2[C@@H](Nc2ccc(=O)n(C)n2)[C@@H]1O. The van der Waals surface area contributed by atoms with Gasteiger partial charge >= 0.3 is 0 Å². The van der Waals surface area contributed by atoms with Gasteiger partial charge in [0, 0.05) is 32.9 Å². The summed E-state index contributed by atoms with van der Waals surface area (Å²) in [5, 5.41) is 18.3. The fourth-order valence-corrected chi connectivity index (χ4v) is 3.26. The highest BCUT2D eigenvalue weighted by atomic mass is 19.1. The fraction of sp³-hybridized carbons (Fsp3) is 0.444. The molecule has 1 aromatic carbocycles. The van der Waals surface area contributed by atoms with E-state index in [4.69, 9.17) is 14.2 Å². The Morgan fingerprint density at radius 2 is 2.00 bits per heavy atom. The van der Waals surface area contributed by atoms with E-state index in [1.165, 1.54) is 51.6 Å². The van der Waals surface area contributed by atoms with E-state index in [0.717, 1.165) is 4.68 Å². The van der Waals surface area contributed by atoms with Gasteiger partial charge in [0.2, 0.25) is 0 Å². The average Bonchev–Trinajstić information content (AvgIpc) is 2.63. The van der Waals surface area contributed by atoms with Crippen LogP contribution in [0.15, 0.2) is 35.1 Å². The van der Waals surface area contributed by atoms with Crippen LogP contribution in [-0.4, -0.2) is 54.0 Å². The van der Waals surface area contributed by atoms with Gasteiger partial charge in [-0.05, 0) is 24.3 Å². The number of aliphatic hydroxyl groups is 1. The molecule has 2 aromatic rings. The fourth-order valence-electron chi connectivity index (χ4n) is 3.26. The summed E-state index contributed by atoms with van der Waals surface area (Å²) in [6.07, 6.45) is -1.15. The van der Waals surface area contributed by atoms with E-state index >= 15 is 0 Å². The molecule has 2 N–H and O–H groups in total. The van der Waals surface area contributed by atoms with E-state index < -0.39 is 23.6 Å². The molecule has 1 aromatic heterocycles. The predicted molar refractivity (Wildman–Crippen MR) is 95.4 cm³/mol. The summed E-state index contributed by atoms with van der Waals surface area (Å²) >= 11 is 0. The highest BCUT2D eigenvalue weighted by Gasteiger charge is 2.50. The van der Waals surface area contributed by atoms with Crippen molar-refractivity contribution in [3.63, 3.8) is 0 Å². The van der Waals surface area contributed by atoms with E-state index in [2.05, 4.69) is 10.4 Å². The molecule has 0 bridgehead atoms. The van der Waals surface area contributed by atoms with Gasteiger partial charge in [0.1, 0.15) is 23.5 Å². The van der Waals surface area contributed by atoms with Crippen LogP contribution in [0, 0.1) is 5.82 Å². The van der Waals surface area contributed by atoms with Gasteiger partial charge in [0.15, 0.2) is 5.60 Å². The number of benzene rings is 1. The van der Waals surface area contributed by atoms with E-state index in [9.17, 15) is 14.3 Å². The number of rotatable bonds is 6. The number of hydrogen-bond donors (Lipinski definition) is 2. The van der Waals surface area contributed by atoms with Crippen molar-refractivity contribution in [2.45, 2.75) is 17.7 Å². The molecule has 0 amide bonds. The van der Waals surface area contributed by atoms with Crippen LogP contribution in [0.1, 0.15) is 11.6 Å². The second-order valence-corrected chi connectivity index (χ2v) is 6.46. The molecular formula is C18H22FN3O5. The van der Waals surface area contributed by atoms with Crippen molar-refractivity contribution < 1.29 is 23.7 Å². The Morgan fingerprint density at radius 1 is 1.30 bits per heavy atom. The molecule has 1 aliphatic rings. The molecule has 27 heavy (non-hydrogen) atoms. The van der Waals surface area contributed by atoms with Crippen molar-refractivity contribution in [1.82, 2.24) is 9.78 Å². The molecule has 2 atom stereocenters. The van der Waals surface area contributed by atoms with Crippen LogP contribution in [0.5, 0.6) is 5.75 Å². The first-order valence-electron chi connectivity index (χ1n) is 8.35. The average molecular weight is 379 g/mol. The van der Waals surface area contributed by atoms with Gasteiger partial charge in [-0.15, -0.1) is 0 Å². The first kappa shape index (κ1) is 19.3. The van der Waals surface area contributed by atoms with Crippen molar-refractivity contribution in [1.29, 1.82) is 0 Å². The van der Waals surface area contributed by atoms with Gasteiger partial charge < -0.3 is 24.6 Å². The zero-order chi connectivity index (χ0) is 19.6. The van der Waals surface area contributed by atoms with Gasteiger partial charge in [0.05, 0.1) is 19.3 Å². The van der Waals surface area contributed by atoms with Crippen molar-refractivity contribution >= 4 is 5.82 Å². The van der Waals surface area contributed by atoms with Crippen LogP contribution >= 0.6 is 0 Å². The van der Waals surface area contributed by atoms with Crippen LogP contribution in [0.3, 0.4) is 0 Å². The molecule has 2 heterocycles. The normalized spacial score (nSPS) is 20.6. The third-order valence-electron chi connectivity index (χ3n) is 4.52. The Kier molecular flexibility index (Phi) is 5.45. The van der Waals surface area contributed by atoms with Crippen molar-refractivity contribution in [3.05, 3.63) is 52.1 Å². The zero-order valence-electron chi connectivity index (χ0n) is 15.3. The van der Waals surface area contributed by atoms with Gasteiger partial charge in [-0.2, -0.15) is 5.10 Å². The highest BCUT2D eigenvalue weighted by Crippen LogP contribution is 2.42. The Bertz CT molecular complexity index is 866. The van der Waals surface area contributed by atoms with Crippen LogP contribution in [0.4, 0.5) is 10.2 Å². The number of methoxy groups -OCH3 is 2. The first-order chi connectivity index (χ1) is 12.9. The van der Waals surface area contributed by atoms with Gasteiger partial charge in [-0.1, -0.05) is 0 Å². The number of anilines is 1. The van der Waals surface area contributed by atoms with E-state index in [1.807, 2.05) is 0 Å². The molecule has 0 saturated heterocycles. The predicted octanol–water partition coefficient (Wildman–Crippen LogP) is 0.857. The molecule has 1 aliphatic heterocycles. The molecule has 0 spiro atoms. The Hall–Kier alpha value is -2.49. The van der Waals surface area contributed by atoms with Crippen LogP contribution in [-0.2, 0) is 16.5 Å². The van der Waals surface area contributed by atoms with Crippen LogP contribution < -0.4 is 15.6 Å². The second kappa shape index (κ2) is 7.63. The lowest BCUT2D eigenvalue weighted by Gasteiger charge is -2.45. The number of aromatic nitrogens is 2. The lowest BCUT2D eigenvalue weighted by molar-refractivity contribution is -0.142. The van der Waals surface area contributed by atoms with Crippen LogP contribution in [0.2, 0.25) is 0 Å². The number of ether oxygens (including phenoxy) is 3. The number of nitrogens with zero attached hydrogens (tertiary/aromatic N) is 2. The summed E-state index contributed by atoms with van der Waals surface area (Å²) in [6.45, 7) is 0.107. The summed E-state index contributed by atoms with van der Waals surface area (Å²) in [4.78, 5) is 11.6. The van der Waals surface area contributed by atoms with Crippen LogP contribution in [0.25, 0.3) is 0 Å². The maximum absolute atomic E-state index is 13.9. The molecular weight excluding hydrogens is 357 g/mol. The number of halogens is 1. The van der Waals surface area contributed by atoms with Crippen molar-refractivity contribution in [2.24, 2.45) is 7.05 Å². The lowest BCUT2D eigenvalue weighted by atomic mass is 9.84. The molecule has 0 saturated carbocycles. The number of aliphatic hydroxyl groups excluding tert-OH is 1. The minimum Gasteiger partial charge on any atom is -0.479 e. The largest absolute Gasteiger partial charge is 0.479 e. The van der Waals surface area contributed by atoms with E-state index in [-0.39, 0.29) is 18.8 Å². The first-order valence-corrected chi connectivity index (χ1v) is 8.35. The topological polar surface area (TPSA) is 94.8 Å². The third-order valence-corrected chi connectivity index (χ3v) is 4.52. The molecule has 0 aliphatic carbocycles. The molecule has 0 radical (unpaired) electrons. The molecule has 0 fully saturated rings. The number of fused-ring (bicyclic) bond motifs is 1. The van der Waals surface area contributed by atoms with Crippen molar-refractivity contribution in [3.8, 4) is 5.75 Å². The van der Waals surface area contributed by atoms with Gasteiger partial charge in [0.25, 0.3) is 5.56 Å². The molecule has 0 unspecified atom stereocenters.